The summed E-state index contributed by atoms with van der Waals surface area (Å²) in [6.45, 7) is 0. The molecule has 1 nitrogen and oxygen atoms in total. The van der Waals surface area contributed by atoms with E-state index in [0.29, 0.717) is 0 Å². The Labute approximate surface area is 132 Å². The first-order valence-corrected chi connectivity index (χ1v) is 9.03. The summed E-state index contributed by atoms with van der Waals surface area (Å²) in [6.07, 6.45) is 8.73. The largest absolute Gasteiger partial charge is 0.327 e. The minimum Gasteiger partial charge on any atom is -0.327 e. The van der Waals surface area contributed by atoms with Crippen molar-refractivity contribution in [3.8, 4) is 0 Å². The molecule has 0 aliphatic heterocycles. The predicted octanol–water partition coefficient (Wildman–Crippen LogP) is 4.91. The van der Waals surface area contributed by atoms with Gasteiger partial charge in [-0.1, -0.05) is 55.7 Å². The van der Waals surface area contributed by atoms with Gasteiger partial charge < -0.3 is 5.73 Å². The van der Waals surface area contributed by atoms with Gasteiger partial charge in [-0.15, -0.1) is 11.3 Å². The summed E-state index contributed by atoms with van der Waals surface area (Å²) in [4.78, 5) is 1.46. The highest BCUT2D eigenvalue weighted by Gasteiger charge is 2.38. The molecule has 0 spiro atoms. The van der Waals surface area contributed by atoms with Crippen LogP contribution in [0.1, 0.15) is 49.0 Å². The number of thiophene rings is 1. The molecule has 0 saturated heterocycles. The normalized spacial score (nSPS) is 19.3. The molecule has 2 heteroatoms. The van der Waals surface area contributed by atoms with Crippen molar-refractivity contribution in [2.45, 2.75) is 56.4 Å². The number of aryl methyl sites for hydroxylation is 1. The fourth-order valence-corrected chi connectivity index (χ4v) is 4.58. The Kier molecular flexibility index (Phi) is 4.77. The van der Waals surface area contributed by atoms with Crippen LogP contribution in [0.5, 0.6) is 0 Å². The van der Waals surface area contributed by atoms with E-state index in [9.17, 15) is 0 Å². The lowest BCUT2D eigenvalue weighted by atomic mass is 9.64. The van der Waals surface area contributed by atoms with Crippen LogP contribution in [-0.2, 0) is 11.8 Å². The zero-order chi connectivity index (χ0) is 14.5. The summed E-state index contributed by atoms with van der Waals surface area (Å²) in [5.74, 6) is 0. The third-order valence-corrected chi connectivity index (χ3v) is 6.02. The maximum Gasteiger partial charge on any atom is 0.0140 e. The first-order valence-electron chi connectivity index (χ1n) is 8.15. The second-order valence-electron chi connectivity index (χ2n) is 6.31. The van der Waals surface area contributed by atoms with Crippen molar-refractivity contribution in [3.63, 3.8) is 0 Å². The van der Waals surface area contributed by atoms with Crippen molar-refractivity contribution in [2.75, 3.05) is 0 Å². The summed E-state index contributed by atoms with van der Waals surface area (Å²) in [6, 6.07) is 15.6. The smallest absolute Gasteiger partial charge is 0.0140 e. The Morgan fingerprint density at radius 3 is 2.43 bits per heavy atom. The van der Waals surface area contributed by atoms with Gasteiger partial charge in [-0.05, 0) is 42.7 Å². The van der Waals surface area contributed by atoms with Crippen molar-refractivity contribution < 1.29 is 0 Å². The first kappa shape index (κ1) is 14.8. The lowest BCUT2D eigenvalue weighted by molar-refractivity contribution is 0.234. The number of rotatable bonds is 5. The van der Waals surface area contributed by atoms with E-state index in [1.54, 1.807) is 0 Å². The van der Waals surface area contributed by atoms with Gasteiger partial charge in [0.1, 0.15) is 0 Å². The molecule has 1 aliphatic carbocycles. The van der Waals surface area contributed by atoms with E-state index >= 15 is 0 Å². The summed E-state index contributed by atoms with van der Waals surface area (Å²) >= 11 is 1.85. The fourth-order valence-electron chi connectivity index (χ4n) is 3.86. The molecule has 1 aliphatic rings. The SMILES string of the molecule is NC(CCc1cccs1)C1(c2ccccc2)CCCCC1. The molecule has 2 N–H and O–H groups in total. The van der Waals surface area contributed by atoms with Crippen LogP contribution < -0.4 is 5.73 Å². The molecular weight excluding hydrogens is 274 g/mol. The van der Waals surface area contributed by atoms with Gasteiger partial charge in [-0.25, -0.2) is 0 Å². The summed E-state index contributed by atoms with van der Waals surface area (Å²) in [5.41, 5.74) is 8.40. The van der Waals surface area contributed by atoms with E-state index in [0.717, 1.165) is 12.8 Å². The maximum absolute atomic E-state index is 6.74. The Morgan fingerprint density at radius 1 is 1.00 bits per heavy atom. The van der Waals surface area contributed by atoms with Gasteiger partial charge in [0, 0.05) is 16.3 Å². The maximum atomic E-state index is 6.74. The average Bonchev–Trinajstić information content (AvgIpc) is 3.07. The van der Waals surface area contributed by atoms with Gasteiger partial charge in [0.05, 0.1) is 0 Å². The topological polar surface area (TPSA) is 26.0 Å². The fraction of sp³-hybridized carbons (Fsp3) is 0.474. The third-order valence-electron chi connectivity index (χ3n) is 5.09. The molecule has 0 amide bonds. The summed E-state index contributed by atoms with van der Waals surface area (Å²) in [5, 5.41) is 2.16. The van der Waals surface area contributed by atoms with Crippen LogP contribution in [-0.4, -0.2) is 6.04 Å². The summed E-state index contributed by atoms with van der Waals surface area (Å²) in [7, 11) is 0. The molecule has 2 aromatic rings. The van der Waals surface area contributed by atoms with Crippen LogP contribution in [0.15, 0.2) is 47.8 Å². The molecule has 1 fully saturated rings. The van der Waals surface area contributed by atoms with E-state index in [4.69, 9.17) is 5.73 Å². The Morgan fingerprint density at radius 2 is 1.76 bits per heavy atom. The van der Waals surface area contributed by atoms with Gasteiger partial charge in [0.2, 0.25) is 0 Å². The van der Waals surface area contributed by atoms with Crippen LogP contribution in [0.25, 0.3) is 0 Å². The van der Waals surface area contributed by atoms with E-state index in [-0.39, 0.29) is 11.5 Å². The van der Waals surface area contributed by atoms with E-state index in [1.165, 1.54) is 42.5 Å². The Balaban J connectivity index is 1.78. The number of nitrogens with two attached hydrogens (primary N) is 1. The quantitative estimate of drug-likeness (QED) is 0.834. The van der Waals surface area contributed by atoms with Crippen LogP contribution >= 0.6 is 11.3 Å². The van der Waals surface area contributed by atoms with E-state index < -0.39 is 0 Å². The number of benzene rings is 1. The molecule has 1 atom stereocenters. The molecule has 1 saturated carbocycles. The molecule has 3 rings (SSSR count). The van der Waals surface area contributed by atoms with Gasteiger partial charge >= 0.3 is 0 Å². The molecule has 1 aromatic carbocycles. The van der Waals surface area contributed by atoms with Gasteiger partial charge in [0.25, 0.3) is 0 Å². The van der Waals surface area contributed by atoms with E-state index in [2.05, 4.69) is 47.8 Å². The van der Waals surface area contributed by atoms with Crippen molar-refractivity contribution in [2.24, 2.45) is 5.73 Å². The monoisotopic (exact) mass is 299 g/mol. The molecule has 1 heterocycles. The highest BCUT2D eigenvalue weighted by Crippen LogP contribution is 2.42. The highest BCUT2D eigenvalue weighted by atomic mass is 32.1. The second-order valence-corrected chi connectivity index (χ2v) is 7.34. The molecule has 1 aromatic heterocycles. The minimum atomic E-state index is 0.205. The first-order chi connectivity index (χ1) is 10.3. The molecular formula is C19H25NS. The van der Waals surface area contributed by atoms with Crippen LogP contribution in [0, 0.1) is 0 Å². The average molecular weight is 299 g/mol. The second kappa shape index (κ2) is 6.76. The predicted molar refractivity (Wildman–Crippen MR) is 91.8 cm³/mol. The lowest BCUT2D eigenvalue weighted by Gasteiger charge is -2.43. The Bertz CT molecular complexity index is 526. The lowest BCUT2D eigenvalue weighted by Crippen LogP contribution is -2.47. The zero-order valence-electron chi connectivity index (χ0n) is 12.6. The van der Waals surface area contributed by atoms with Crippen molar-refractivity contribution >= 4 is 11.3 Å². The minimum absolute atomic E-state index is 0.205. The third kappa shape index (κ3) is 3.22. The van der Waals surface area contributed by atoms with Gasteiger partial charge in [0.15, 0.2) is 0 Å². The molecule has 21 heavy (non-hydrogen) atoms. The molecule has 0 radical (unpaired) electrons. The highest BCUT2D eigenvalue weighted by molar-refractivity contribution is 7.09. The van der Waals surface area contributed by atoms with Crippen LogP contribution in [0.3, 0.4) is 0 Å². The van der Waals surface area contributed by atoms with Crippen molar-refractivity contribution in [3.05, 3.63) is 58.3 Å². The molecule has 112 valence electrons. The van der Waals surface area contributed by atoms with Crippen LogP contribution in [0.4, 0.5) is 0 Å². The number of hydrogen-bond acceptors (Lipinski definition) is 2. The van der Waals surface area contributed by atoms with Gasteiger partial charge in [-0.3, -0.25) is 0 Å². The van der Waals surface area contributed by atoms with Crippen molar-refractivity contribution in [1.82, 2.24) is 0 Å². The summed E-state index contributed by atoms with van der Waals surface area (Å²) < 4.78 is 0. The van der Waals surface area contributed by atoms with Crippen LogP contribution in [0.2, 0.25) is 0 Å². The Hall–Kier alpha value is -1.12. The zero-order valence-corrected chi connectivity index (χ0v) is 13.4. The van der Waals surface area contributed by atoms with Crippen molar-refractivity contribution in [1.29, 1.82) is 0 Å². The molecule has 0 bridgehead atoms. The standard InChI is InChI=1S/C19H25NS/c20-18(12-11-17-10-7-15-21-17)19(13-5-2-6-14-19)16-8-3-1-4-9-16/h1,3-4,7-10,15,18H,2,5-6,11-14,20H2. The van der Waals surface area contributed by atoms with Gasteiger partial charge in [-0.2, -0.15) is 0 Å². The molecule has 1 unspecified atom stereocenters. The van der Waals surface area contributed by atoms with E-state index in [1.807, 2.05) is 11.3 Å². The number of hydrogen-bond donors (Lipinski definition) is 1.